The Hall–Kier alpha value is -2.00. The van der Waals surface area contributed by atoms with Crippen molar-refractivity contribution in [3.63, 3.8) is 0 Å². The van der Waals surface area contributed by atoms with Gasteiger partial charge in [0.1, 0.15) is 27.7 Å². The molecule has 1 unspecified atom stereocenters. The number of methoxy groups -OCH3 is 1. The van der Waals surface area contributed by atoms with Gasteiger partial charge in [-0.05, 0) is 62.2 Å². The van der Waals surface area contributed by atoms with Gasteiger partial charge in [-0.3, -0.25) is 4.79 Å². The van der Waals surface area contributed by atoms with Crippen molar-refractivity contribution in [2.75, 3.05) is 13.7 Å². The van der Waals surface area contributed by atoms with Gasteiger partial charge in [-0.25, -0.2) is 13.8 Å². The predicted molar refractivity (Wildman–Crippen MR) is 115 cm³/mol. The molecule has 1 heterocycles. The molecule has 9 heteroatoms. The minimum Gasteiger partial charge on any atom is -0.372 e. The van der Waals surface area contributed by atoms with Crippen LogP contribution in [0, 0.1) is 11.6 Å². The fourth-order valence-corrected chi connectivity index (χ4v) is 4.83. The summed E-state index contributed by atoms with van der Waals surface area (Å²) in [6.45, 7) is 1.99. The quantitative estimate of drug-likeness (QED) is 0.671. The van der Waals surface area contributed by atoms with Gasteiger partial charge >= 0.3 is 0 Å². The number of benzene rings is 2. The largest absolute Gasteiger partial charge is 0.372 e. The van der Waals surface area contributed by atoms with E-state index >= 15 is 0 Å². The number of nitrogens with zero attached hydrogens (tertiary/aromatic N) is 2. The highest BCUT2D eigenvalue weighted by Gasteiger charge is 2.49. The number of rotatable bonds is 7. The number of hydrogen-bond acceptors (Lipinski definition) is 5. The smallest absolute Gasteiger partial charge is 0.273 e. The Kier molecular flexibility index (Phi) is 7.13. The molecule has 0 aromatic heterocycles. The Balaban J connectivity index is 2.18. The number of hydrazone groups is 1. The second kappa shape index (κ2) is 9.43. The molecule has 1 amide bonds. The minimum atomic E-state index is -1.03. The maximum absolute atomic E-state index is 14.5. The van der Waals surface area contributed by atoms with Gasteiger partial charge in [-0.2, -0.15) is 5.10 Å². The summed E-state index contributed by atoms with van der Waals surface area (Å²) in [6, 6.07) is 10.2. The zero-order chi connectivity index (χ0) is 21.9. The second-order valence-electron chi connectivity index (χ2n) is 6.85. The Morgan fingerprint density at radius 3 is 2.77 bits per heavy atom. The van der Waals surface area contributed by atoms with Gasteiger partial charge in [0, 0.05) is 17.7 Å². The van der Waals surface area contributed by atoms with E-state index in [0.717, 1.165) is 18.2 Å². The van der Waals surface area contributed by atoms with Crippen LogP contribution in [0.1, 0.15) is 30.9 Å². The molecule has 0 saturated carbocycles. The summed E-state index contributed by atoms with van der Waals surface area (Å²) >= 11 is 7.41. The molecule has 2 aromatic rings. The van der Waals surface area contributed by atoms with E-state index in [1.165, 1.54) is 23.9 Å². The van der Waals surface area contributed by atoms with Crippen molar-refractivity contribution in [2.45, 2.75) is 30.7 Å². The molecule has 0 bridgehead atoms. The molecular formula is C21H22ClF2N3O2S. The molecule has 2 atom stereocenters. The molecule has 2 N–H and O–H groups in total. The van der Waals surface area contributed by atoms with E-state index in [9.17, 15) is 13.6 Å². The normalized spacial score (nSPS) is 19.7. The van der Waals surface area contributed by atoms with E-state index in [-0.39, 0.29) is 10.6 Å². The SMILES string of the molecule is CO[C@@H](C)C(=O)N1N=C(c2cc(F)ccc2F)SC1(CCCN)c1cccc(Cl)c1. The van der Waals surface area contributed by atoms with Crippen LogP contribution in [0.4, 0.5) is 8.78 Å². The molecular weight excluding hydrogens is 432 g/mol. The summed E-state index contributed by atoms with van der Waals surface area (Å²) in [4.78, 5) is 12.2. The number of ether oxygens (including phenoxy) is 1. The summed E-state index contributed by atoms with van der Waals surface area (Å²) in [7, 11) is 1.42. The monoisotopic (exact) mass is 453 g/mol. The topological polar surface area (TPSA) is 67.9 Å². The molecule has 160 valence electrons. The summed E-state index contributed by atoms with van der Waals surface area (Å²) < 4.78 is 33.6. The van der Waals surface area contributed by atoms with Crippen molar-refractivity contribution in [3.8, 4) is 0 Å². The van der Waals surface area contributed by atoms with Gasteiger partial charge in [0.25, 0.3) is 5.91 Å². The van der Waals surface area contributed by atoms with Crippen LogP contribution in [0.3, 0.4) is 0 Å². The molecule has 0 aliphatic carbocycles. The predicted octanol–water partition coefficient (Wildman–Crippen LogP) is 4.48. The Morgan fingerprint density at radius 2 is 2.10 bits per heavy atom. The minimum absolute atomic E-state index is 0.0143. The highest BCUT2D eigenvalue weighted by Crippen LogP contribution is 2.51. The van der Waals surface area contributed by atoms with E-state index in [0.29, 0.717) is 30.0 Å². The number of hydrogen-bond donors (Lipinski definition) is 1. The third-order valence-corrected chi connectivity index (χ3v) is 6.54. The first kappa shape index (κ1) is 22.7. The molecule has 0 radical (unpaired) electrons. The number of halogens is 3. The lowest BCUT2D eigenvalue weighted by Gasteiger charge is -2.37. The number of nitrogens with two attached hydrogens (primary N) is 1. The third kappa shape index (κ3) is 4.37. The Labute approximate surface area is 183 Å². The summed E-state index contributed by atoms with van der Waals surface area (Å²) in [5, 5.41) is 6.41. The molecule has 5 nitrogen and oxygen atoms in total. The Bertz CT molecular complexity index is 975. The van der Waals surface area contributed by atoms with Crippen LogP contribution in [0.2, 0.25) is 5.02 Å². The Morgan fingerprint density at radius 1 is 1.33 bits per heavy atom. The average molecular weight is 454 g/mol. The zero-order valence-corrected chi connectivity index (χ0v) is 18.1. The van der Waals surface area contributed by atoms with Crippen LogP contribution < -0.4 is 5.73 Å². The number of amides is 1. The van der Waals surface area contributed by atoms with Crippen LogP contribution in [-0.4, -0.2) is 35.7 Å². The van der Waals surface area contributed by atoms with Crippen molar-refractivity contribution in [2.24, 2.45) is 10.8 Å². The van der Waals surface area contributed by atoms with Gasteiger partial charge in [0.15, 0.2) is 0 Å². The van der Waals surface area contributed by atoms with Crippen molar-refractivity contribution in [1.29, 1.82) is 0 Å². The lowest BCUT2D eigenvalue weighted by atomic mass is 9.99. The van der Waals surface area contributed by atoms with E-state index in [1.54, 1.807) is 25.1 Å². The van der Waals surface area contributed by atoms with Crippen molar-refractivity contribution < 1.29 is 18.3 Å². The third-order valence-electron chi connectivity index (χ3n) is 4.86. The molecule has 1 aliphatic rings. The van der Waals surface area contributed by atoms with Crippen LogP contribution in [0.5, 0.6) is 0 Å². The molecule has 1 aliphatic heterocycles. The van der Waals surface area contributed by atoms with Crippen LogP contribution >= 0.6 is 23.4 Å². The maximum atomic E-state index is 14.5. The number of carbonyl (C=O) groups is 1. The van der Waals surface area contributed by atoms with Crippen molar-refractivity contribution >= 4 is 34.3 Å². The maximum Gasteiger partial charge on any atom is 0.273 e. The number of thioether (sulfide) groups is 1. The van der Waals surface area contributed by atoms with E-state index in [2.05, 4.69) is 5.10 Å². The highest BCUT2D eigenvalue weighted by atomic mass is 35.5. The highest BCUT2D eigenvalue weighted by molar-refractivity contribution is 8.15. The van der Waals surface area contributed by atoms with Crippen LogP contribution in [0.25, 0.3) is 0 Å². The molecule has 0 fully saturated rings. The lowest BCUT2D eigenvalue weighted by Crippen LogP contribution is -2.46. The van der Waals surface area contributed by atoms with Crippen LogP contribution in [-0.2, 0) is 14.4 Å². The molecule has 2 aromatic carbocycles. The summed E-state index contributed by atoms with van der Waals surface area (Å²) in [6.07, 6.45) is 0.210. The fraction of sp³-hybridized carbons (Fsp3) is 0.333. The van der Waals surface area contributed by atoms with E-state index < -0.39 is 28.5 Å². The summed E-state index contributed by atoms with van der Waals surface area (Å²) in [5.41, 5.74) is 6.45. The lowest BCUT2D eigenvalue weighted by molar-refractivity contribution is -0.144. The molecule has 30 heavy (non-hydrogen) atoms. The summed E-state index contributed by atoms with van der Waals surface area (Å²) in [5.74, 6) is -1.63. The van der Waals surface area contributed by atoms with Gasteiger partial charge in [-0.15, -0.1) is 0 Å². The number of carbonyl (C=O) groups excluding carboxylic acids is 1. The average Bonchev–Trinajstić information content (AvgIpc) is 3.13. The van der Waals surface area contributed by atoms with Crippen LogP contribution in [0.15, 0.2) is 47.6 Å². The first-order valence-corrected chi connectivity index (χ1v) is 10.6. The van der Waals surface area contributed by atoms with Crippen molar-refractivity contribution in [1.82, 2.24) is 5.01 Å². The first-order chi connectivity index (χ1) is 14.3. The van der Waals surface area contributed by atoms with Crippen molar-refractivity contribution in [3.05, 3.63) is 70.2 Å². The van der Waals surface area contributed by atoms with Gasteiger partial charge in [-0.1, -0.05) is 35.5 Å². The fourth-order valence-electron chi connectivity index (χ4n) is 3.22. The van der Waals surface area contributed by atoms with Gasteiger partial charge in [0.2, 0.25) is 0 Å². The molecule has 0 spiro atoms. The first-order valence-electron chi connectivity index (χ1n) is 9.38. The second-order valence-corrected chi connectivity index (χ2v) is 8.55. The standard InChI is InChI=1S/C21H22ClF2N3O2S/c1-13(29-2)20(28)27-21(9-4-10-25,14-5-3-6-15(22)11-14)30-19(26-27)17-12-16(23)7-8-18(17)24/h3,5-8,11-13H,4,9-10,25H2,1-2H3/t13-,21?/m0/s1. The molecule has 0 saturated heterocycles. The van der Waals surface area contributed by atoms with E-state index in [4.69, 9.17) is 22.1 Å². The van der Waals surface area contributed by atoms with E-state index in [1.807, 2.05) is 6.07 Å². The van der Waals surface area contributed by atoms with Gasteiger partial charge < -0.3 is 10.5 Å². The van der Waals surface area contributed by atoms with Gasteiger partial charge in [0.05, 0.1) is 0 Å². The molecule has 3 rings (SSSR count). The zero-order valence-electron chi connectivity index (χ0n) is 16.6.